The molecule has 0 saturated carbocycles. The lowest BCUT2D eigenvalue weighted by molar-refractivity contribution is -0.140. The van der Waals surface area contributed by atoms with Gasteiger partial charge in [0.15, 0.2) is 0 Å². The number of nitrogens with zero attached hydrogens (tertiary/aromatic N) is 2. The Morgan fingerprint density at radius 2 is 1.39 bits per heavy atom. The van der Waals surface area contributed by atoms with Gasteiger partial charge in [-0.3, -0.25) is 13.9 Å². The van der Waals surface area contributed by atoms with E-state index >= 15 is 0 Å². The molecule has 230 valence electrons. The molecule has 1 atom stereocenters. The first-order valence-electron chi connectivity index (χ1n) is 14.1. The standard InChI is InChI=1S/C34H35BrFN3O4S/c1-34(2,3)37-33(41)31(22-25-10-6-4-7-11-25)38(23-26-14-16-27(35)17-15-26)32(40)24-39(29-20-18-28(36)19-21-29)44(42,43)30-12-8-5-9-13-30/h4-21,31H,22-24H2,1-3H3,(H,37,41)/t31-/m1/s1. The van der Waals surface area contributed by atoms with Crippen LogP contribution in [0.1, 0.15) is 31.9 Å². The maximum Gasteiger partial charge on any atom is 0.264 e. The van der Waals surface area contributed by atoms with Gasteiger partial charge < -0.3 is 10.2 Å². The molecular formula is C34H35BrFN3O4S. The van der Waals surface area contributed by atoms with Crippen molar-refractivity contribution in [1.29, 1.82) is 0 Å². The molecule has 0 aliphatic carbocycles. The molecule has 44 heavy (non-hydrogen) atoms. The second kappa shape index (κ2) is 14.2. The SMILES string of the molecule is CC(C)(C)NC(=O)[C@@H](Cc1ccccc1)N(Cc1ccc(Br)cc1)C(=O)CN(c1ccc(F)cc1)S(=O)(=O)c1ccccc1. The fourth-order valence-corrected chi connectivity index (χ4v) is 6.35. The number of hydrogen-bond donors (Lipinski definition) is 1. The van der Waals surface area contributed by atoms with Gasteiger partial charge in [-0.05, 0) is 80.4 Å². The van der Waals surface area contributed by atoms with E-state index in [1.165, 1.54) is 29.2 Å². The molecule has 2 amide bonds. The molecule has 0 aromatic heterocycles. The predicted molar refractivity (Wildman–Crippen MR) is 174 cm³/mol. The van der Waals surface area contributed by atoms with Crippen molar-refractivity contribution >= 4 is 43.5 Å². The minimum atomic E-state index is -4.25. The molecule has 7 nitrogen and oxygen atoms in total. The number of nitrogens with one attached hydrogen (secondary N) is 1. The smallest absolute Gasteiger partial charge is 0.264 e. The van der Waals surface area contributed by atoms with E-state index in [1.54, 1.807) is 18.2 Å². The molecule has 4 aromatic rings. The normalized spacial score (nSPS) is 12.3. The van der Waals surface area contributed by atoms with E-state index in [0.717, 1.165) is 32.0 Å². The number of carbonyl (C=O) groups excluding carboxylic acids is 2. The molecule has 0 heterocycles. The summed E-state index contributed by atoms with van der Waals surface area (Å²) in [5, 5.41) is 3.00. The molecule has 0 saturated heterocycles. The first kappa shape index (κ1) is 32.9. The van der Waals surface area contributed by atoms with Gasteiger partial charge >= 0.3 is 0 Å². The number of hydrogen-bond acceptors (Lipinski definition) is 4. The summed E-state index contributed by atoms with van der Waals surface area (Å²) in [6, 6.07) is 28.4. The zero-order valence-corrected chi connectivity index (χ0v) is 27.2. The number of carbonyl (C=O) groups is 2. The molecule has 10 heteroatoms. The quantitative estimate of drug-likeness (QED) is 0.201. The van der Waals surface area contributed by atoms with Crippen molar-refractivity contribution < 1.29 is 22.4 Å². The van der Waals surface area contributed by atoms with Crippen LogP contribution in [-0.4, -0.2) is 43.3 Å². The summed E-state index contributed by atoms with van der Waals surface area (Å²) < 4.78 is 43.5. The van der Waals surface area contributed by atoms with Crippen molar-refractivity contribution in [3.8, 4) is 0 Å². The van der Waals surface area contributed by atoms with Crippen molar-refractivity contribution in [2.24, 2.45) is 0 Å². The monoisotopic (exact) mass is 679 g/mol. The maximum absolute atomic E-state index is 14.4. The van der Waals surface area contributed by atoms with Crippen molar-refractivity contribution in [3.05, 3.63) is 131 Å². The lowest BCUT2D eigenvalue weighted by Crippen LogP contribution is -2.56. The first-order chi connectivity index (χ1) is 20.8. The Labute approximate surface area is 266 Å². The molecule has 1 N–H and O–H groups in total. The van der Waals surface area contributed by atoms with Gasteiger partial charge in [0.25, 0.3) is 10.0 Å². The van der Waals surface area contributed by atoms with E-state index in [9.17, 15) is 22.4 Å². The molecule has 0 unspecified atom stereocenters. The van der Waals surface area contributed by atoms with Crippen LogP contribution in [0.15, 0.2) is 119 Å². The van der Waals surface area contributed by atoms with Crippen LogP contribution in [0.5, 0.6) is 0 Å². The highest BCUT2D eigenvalue weighted by Crippen LogP contribution is 2.25. The van der Waals surface area contributed by atoms with Crippen LogP contribution in [0.2, 0.25) is 0 Å². The van der Waals surface area contributed by atoms with Crippen LogP contribution < -0.4 is 9.62 Å². The van der Waals surface area contributed by atoms with Gasteiger partial charge in [-0.15, -0.1) is 0 Å². The summed E-state index contributed by atoms with van der Waals surface area (Å²) in [7, 11) is -4.25. The Bertz CT molecular complexity index is 1660. The highest BCUT2D eigenvalue weighted by atomic mass is 79.9. The highest BCUT2D eigenvalue weighted by molar-refractivity contribution is 9.10. The minimum Gasteiger partial charge on any atom is -0.350 e. The molecule has 0 aliphatic heterocycles. The fraction of sp³-hybridized carbons (Fsp3) is 0.235. The van der Waals surface area contributed by atoms with Crippen LogP contribution in [0.4, 0.5) is 10.1 Å². The number of sulfonamides is 1. The van der Waals surface area contributed by atoms with Crippen molar-refractivity contribution in [2.75, 3.05) is 10.8 Å². The lowest BCUT2D eigenvalue weighted by atomic mass is 10.0. The highest BCUT2D eigenvalue weighted by Gasteiger charge is 2.35. The molecule has 4 rings (SSSR count). The lowest BCUT2D eigenvalue weighted by Gasteiger charge is -2.35. The Balaban J connectivity index is 1.80. The average molecular weight is 681 g/mol. The van der Waals surface area contributed by atoms with Crippen LogP contribution >= 0.6 is 15.9 Å². The Morgan fingerprint density at radius 1 is 0.818 bits per heavy atom. The molecule has 0 radical (unpaired) electrons. The molecular weight excluding hydrogens is 645 g/mol. The van der Waals surface area contributed by atoms with Gasteiger partial charge in [-0.25, -0.2) is 12.8 Å². The van der Waals surface area contributed by atoms with Crippen molar-refractivity contribution in [3.63, 3.8) is 0 Å². The number of rotatable bonds is 11. The largest absolute Gasteiger partial charge is 0.350 e. The molecule has 4 aromatic carbocycles. The third-order valence-corrected chi connectivity index (χ3v) is 9.08. The Hall–Kier alpha value is -4.02. The second-order valence-corrected chi connectivity index (χ2v) is 14.2. The fourth-order valence-electron chi connectivity index (χ4n) is 4.65. The van der Waals surface area contributed by atoms with Gasteiger partial charge in [0.05, 0.1) is 10.6 Å². The molecule has 0 aliphatic rings. The van der Waals surface area contributed by atoms with Gasteiger partial charge in [0, 0.05) is 23.0 Å². The van der Waals surface area contributed by atoms with E-state index in [2.05, 4.69) is 21.2 Å². The first-order valence-corrected chi connectivity index (χ1v) is 16.3. The van der Waals surface area contributed by atoms with Gasteiger partial charge in [-0.2, -0.15) is 0 Å². The predicted octanol–water partition coefficient (Wildman–Crippen LogP) is 6.34. The Morgan fingerprint density at radius 3 is 1.95 bits per heavy atom. The second-order valence-electron chi connectivity index (χ2n) is 11.4. The third-order valence-electron chi connectivity index (χ3n) is 6.76. The third kappa shape index (κ3) is 8.76. The topological polar surface area (TPSA) is 86.8 Å². The van der Waals surface area contributed by atoms with E-state index in [4.69, 9.17) is 0 Å². The number of anilines is 1. The summed E-state index contributed by atoms with van der Waals surface area (Å²) in [6.45, 7) is 4.99. The number of benzene rings is 4. The minimum absolute atomic E-state index is 0.0251. The van der Waals surface area contributed by atoms with Crippen LogP contribution in [0, 0.1) is 5.82 Å². The van der Waals surface area contributed by atoms with E-state index in [1.807, 2.05) is 75.4 Å². The molecule has 0 bridgehead atoms. The van der Waals surface area contributed by atoms with Crippen LogP contribution in [0.3, 0.4) is 0 Å². The zero-order valence-electron chi connectivity index (χ0n) is 24.8. The summed E-state index contributed by atoms with van der Waals surface area (Å²) in [4.78, 5) is 29.7. The van der Waals surface area contributed by atoms with E-state index in [-0.39, 0.29) is 29.5 Å². The summed E-state index contributed by atoms with van der Waals surface area (Å²) >= 11 is 3.43. The number of amides is 2. The Kier molecular flexibility index (Phi) is 10.6. The van der Waals surface area contributed by atoms with E-state index in [0.29, 0.717) is 0 Å². The average Bonchev–Trinajstić information content (AvgIpc) is 2.99. The van der Waals surface area contributed by atoms with Gasteiger partial charge in [-0.1, -0.05) is 76.6 Å². The van der Waals surface area contributed by atoms with Crippen molar-refractivity contribution in [2.45, 2.75) is 50.2 Å². The summed E-state index contributed by atoms with van der Waals surface area (Å²) in [5.74, 6) is -1.51. The molecule has 0 fully saturated rings. The zero-order chi connectivity index (χ0) is 31.9. The van der Waals surface area contributed by atoms with E-state index < -0.39 is 39.9 Å². The maximum atomic E-state index is 14.4. The summed E-state index contributed by atoms with van der Waals surface area (Å²) in [5.41, 5.74) is 1.12. The molecule has 0 spiro atoms. The number of halogens is 2. The van der Waals surface area contributed by atoms with Gasteiger partial charge in [0.2, 0.25) is 11.8 Å². The summed E-state index contributed by atoms with van der Waals surface area (Å²) in [6.07, 6.45) is 0.201. The van der Waals surface area contributed by atoms with Crippen molar-refractivity contribution in [1.82, 2.24) is 10.2 Å². The van der Waals surface area contributed by atoms with Crippen LogP contribution in [-0.2, 0) is 32.6 Å². The van der Waals surface area contributed by atoms with Crippen LogP contribution in [0.25, 0.3) is 0 Å². The van der Waals surface area contributed by atoms with Gasteiger partial charge in [0.1, 0.15) is 18.4 Å².